The molecule has 0 atom stereocenters. The average Bonchev–Trinajstić information content (AvgIpc) is 3.45. The number of carbonyl (C=O) groups is 2. The number of nitrogens with zero attached hydrogens (tertiary/aromatic N) is 2. The predicted molar refractivity (Wildman–Crippen MR) is 108 cm³/mol. The summed E-state index contributed by atoms with van der Waals surface area (Å²) in [6.07, 6.45) is 5.52. The smallest absolute Gasteiger partial charge is 0.270 e. The third kappa shape index (κ3) is 3.21. The first-order valence-corrected chi connectivity index (χ1v) is 9.96. The molecule has 4 rings (SSSR count). The van der Waals surface area contributed by atoms with Gasteiger partial charge in [-0.25, -0.2) is 4.39 Å². The van der Waals surface area contributed by atoms with Crippen LogP contribution in [0.15, 0.2) is 18.2 Å². The van der Waals surface area contributed by atoms with Crippen LogP contribution in [0.2, 0.25) is 0 Å². The monoisotopic (exact) mass is 383 g/mol. The molecule has 0 radical (unpaired) electrons. The summed E-state index contributed by atoms with van der Waals surface area (Å²) in [7, 11) is 1.80. The molecule has 0 bridgehead atoms. The Bertz CT molecular complexity index is 987. The molecule has 1 fully saturated rings. The second kappa shape index (κ2) is 7.08. The van der Waals surface area contributed by atoms with Crippen molar-refractivity contribution in [3.63, 3.8) is 0 Å². The van der Waals surface area contributed by atoms with Crippen molar-refractivity contribution in [3.8, 4) is 0 Å². The highest BCUT2D eigenvalue weighted by molar-refractivity contribution is 6.00. The minimum atomic E-state index is -0.350. The summed E-state index contributed by atoms with van der Waals surface area (Å²) in [5, 5.41) is 0.760. The second-order valence-corrected chi connectivity index (χ2v) is 7.83. The van der Waals surface area contributed by atoms with E-state index >= 15 is 4.39 Å². The van der Waals surface area contributed by atoms with Crippen molar-refractivity contribution in [1.29, 1.82) is 0 Å². The summed E-state index contributed by atoms with van der Waals surface area (Å²) in [5.41, 5.74) is 3.15. The number of carbonyl (C=O) groups excluding carboxylic acids is 2. The van der Waals surface area contributed by atoms with E-state index in [2.05, 4.69) is 4.98 Å². The van der Waals surface area contributed by atoms with E-state index in [0.29, 0.717) is 42.3 Å². The molecule has 1 N–H and O–H groups in total. The van der Waals surface area contributed by atoms with Gasteiger partial charge >= 0.3 is 0 Å². The third-order valence-electron chi connectivity index (χ3n) is 5.91. The van der Waals surface area contributed by atoms with Crippen LogP contribution in [0.1, 0.15) is 54.7 Å². The Kier molecular flexibility index (Phi) is 4.73. The first-order chi connectivity index (χ1) is 13.4. The number of hydrogen-bond donors (Lipinski definition) is 1. The van der Waals surface area contributed by atoms with E-state index in [4.69, 9.17) is 0 Å². The molecule has 28 heavy (non-hydrogen) atoms. The molecule has 2 amide bonds. The van der Waals surface area contributed by atoms with Gasteiger partial charge in [-0.1, -0.05) is 13.0 Å². The maximum absolute atomic E-state index is 15.4. The van der Waals surface area contributed by atoms with E-state index in [0.717, 1.165) is 35.8 Å². The highest BCUT2D eigenvalue weighted by Gasteiger charge is 2.31. The van der Waals surface area contributed by atoms with Gasteiger partial charge in [-0.3, -0.25) is 9.59 Å². The number of aromatic nitrogens is 1. The van der Waals surface area contributed by atoms with Crippen molar-refractivity contribution < 1.29 is 14.0 Å². The Morgan fingerprint density at radius 3 is 2.71 bits per heavy atom. The minimum absolute atomic E-state index is 0.00123. The number of nitrogens with one attached hydrogen (secondary N) is 1. The molecule has 1 aliphatic carbocycles. The number of aromatic amines is 1. The van der Waals surface area contributed by atoms with E-state index in [9.17, 15) is 9.59 Å². The Morgan fingerprint density at radius 1 is 1.32 bits per heavy atom. The molecular formula is C22H26FN3O2. The molecule has 2 aliphatic rings. The van der Waals surface area contributed by atoms with E-state index in [1.165, 1.54) is 0 Å². The van der Waals surface area contributed by atoms with Gasteiger partial charge in [0.1, 0.15) is 5.69 Å². The van der Waals surface area contributed by atoms with Crippen LogP contribution in [-0.2, 0) is 11.2 Å². The van der Waals surface area contributed by atoms with E-state index in [-0.39, 0.29) is 17.6 Å². The number of amides is 2. The molecule has 2 aromatic rings. The summed E-state index contributed by atoms with van der Waals surface area (Å²) in [4.78, 5) is 31.0. The van der Waals surface area contributed by atoms with E-state index < -0.39 is 0 Å². The minimum Gasteiger partial charge on any atom is -0.348 e. The van der Waals surface area contributed by atoms with Gasteiger partial charge < -0.3 is 14.8 Å². The van der Waals surface area contributed by atoms with Gasteiger partial charge in [0, 0.05) is 44.1 Å². The number of aryl methyl sites for hydroxylation is 1. The lowest BCUT2D eigenvalue weighted by atomic mass is 9.95. The molecule has 1 aliphatic heterocycles. The SMILES string of the molecule is CCc1cc(C2=CCCN(C(C)=O)C2)c(F)c2[nH]c(C(=O)N(C)C3CC3)cc12. The van der Waals surface area contributed by atoms with Crippen LogP contribution in [0.3, 0.4) is 0 Å². The lowest BCUT2D eigenvalue weighted by Gasteiger charge is -2.27. The van der Waals surface area contributed by atoms with Gasteiger partial charge in [-0.2, -0.15) is 0 Å². The molecule has 0 spiro atoms. The average molecular weight is 383 g/mol. The van der Waals surface area contributed by atoms with Gasteiger partial charge in [0.05, 0.1) is 5.52 Å². The summed E-state index contributed by atoms with van der Waals surface area (Å²) >= 11 is 0. The molecule has 1 aromatic carbocycles. The molecule has 5 nitrogen and oxygen atoms in total. The number of rotatable bonds is 4. The van der Waals surface area contributed by atoms with Crippen LogP contribution in [0.25, 0.3) is 16.5 Å². The van der Waals surface area contributed by atoms with Gasteiger partial charge in [-0.05, 0) is 49.0 Å². The first kappa shape index (κ1) is 18.7. The molecule has 2 heterocycles. The summed E-state index contributed by atoms with van der Waals surface area (Å²) in [6, 6.07) is 3.95. The fraction of sp³-hybridized carbons (Fsp3) is 0.455. The zero-order valence-corrected chi connectivity index (χ0v) is 16.6. The maximum atomic E-state index is 15.4. The highest BCUT2D eigenvalue weighted by atomic mass is 19.1. The quantitative estimate of drug-likeness (QED) is 0.874. The van der Waals surface area contributed by atoms with Crippen molar-refractivity contribution in [1.82, 2.24) is 14.8 Å². The Hall–Kier alpha value is -2.63. The topological polar surface area (TPSA) is 56.4 Å². The molecule has 0 unspecified atom stereocenters. The molecule has 0 saturated heterocycles. The number of hydrogen-bond acceptors (Lipinski definition) is 2. The van der Waals surface area contributed by atoms with Crippen LogP contribution in [0.4, 0.5) is 4.39 Å². The van der Waals surface area contributed by atoms with Crippen LogP contribution in [0, 0.1) is 5.82 Å². The van der Waals surface area contributed by atoms with Crippen molar-refractivity contribution in [2.24, 2.45) is 0 Å². The third-order valence-corrected chi connectivity index (χ3v) is 5.91. The standard InChI is InChI=1S/C22H26FN3O2/c1-4-14-10-17(15-6-5-9-26(12-15)13(2)27)20(23)21-18(14)11-19(24-21)22(28)25(3)16-7-8-16/h6,10-11,16,24H,4-5,7-9,12H2,1-3H3. The largest absolute Gasteiger partial charge is 0.348 e. The van der Waals surface area contributed by atoms with Gasteiger partial charge in [0.2, 0.25) is 5.91 Å². The van der Waals surface area contributed by atoms with Crippen molar-refractivity contribution in [2.75, 3.05) is 20.1 Å². The molecule has 1 aromatic heterocycles. The number of halogens is 1. The van der Waals surface area contributed by atoms with Gasteiger partial charge in [0.15, 0.2) is 5.82 Å². The first-order valence-electron chi connectivity index (χ1n) is 9.96. The summed E-state index contributed by atoms with van der Waals surface area (Å²) < 4.78 is 15.4. The molecule has 148 valence electrons. The fourth-order valence-corrected chi connectivity index (χ4v) is 4.00. The Balaban J connectivity index is 1.77. The molecule has 1 saturated carbocycles. The zero-order valence-electron chi connectivity index (χ0n) is 16.6. The Morgan fingerprint density at radius 2 is 2.07 bits per heavy atom. The lowest BCUT2D eigenvalue weighted by molar-refractivity contribution is -0.128. The van der Waals surface area contributed by atoms with Gasteiger partial charge in [0.25, 0.3) is 5.91 Å². The lowest BCUT2D eigenvalue weighted by Crippen LogP contribution is -2.33. The van der Waals surface area contributed by atoms with Crippen molar-refractivity contribution >= 4 is 28.3 Å². The van der Waals surface area contributed by atoms with Gasteiger partial charge in [-0.15, -0.1) is 0 Å². The number of fused-ring (bicyclic) bond motifs is 1. The maximum Gasteiger partial charge on any atom is 0.270 e. The molecule has 6 heteroatoms. The Labute approximate surface area is 164 Å². The summed E-state index contributed by atoms with van der Waals surface area (Å²) in [6.45, 7) is 4.65. The normalized spacial score (nSPS) is 17.0. The fourth-order valence-electron chi connectivity index (χ4n) is 4.00. The molecular weight excluding hydrogens is 357 g/mol. The second-order valence-electron chi connectivity index (χ2n) is 7.83. The number of benzene rings is 1. The summed E-state index contributed by atoms with van der Waals surface area (Å²) in [5.74, 6) is -0.447. The zero-order chi connectivity index (χ0) is 20.0. The number of H-pyrrole nitrogens is 1. The highest BCUT2D eigenvalue weighted by Crippen LogP contribution is 2.33. The van der Waals surface area contributed by atoms with Crippen LogP contribution < -0.4 is 0 Å². The predicted octanol–water partition coefficient (Wildman–Crippen LogP) is 3.74. The van der Waals surface area contributed by atoms with E-state index in [1.54, 1.807) is 29.8 Å². The van der Waals surface area contributed by atoms with E-state index in [1.807, 2.05) is 19.1 Å². The van der Waals surface area contributed by atoms with Crippen LogP contribution in [0.5, 0.6) is 0 Å². The van der Waals surface area contributed by atoms with Crippen LogP contribution >= 0.6 is 0 Å². The van der Waals surface area contributed by atoms with Crippen LogP contribution in [-0.4, -0.2) is 52.8 Å². The van der Waals surface area contributed by atoms with Crippen molar-refractivity contribution in [2.45, 2.75) is 45.6 Å². The van der Waals surface area contributed by atoms with Crippen molar-refractivity contribution in [3.05, 3.63) is 40.8 Å².